The highest BCUT2D eigenvalue weighted by molar-refractivity contribution is 9.10. The summed E-state index contributed by atoms with van der Waals surface area (Å²) in [6, 6.07) is 6.02. The number of nitrogens with zero attached hydrogens (tertiary/aromatic N) is 1. The van der Waals surface area contributed by atoms with Crippen LogP contribution >= 0.6 is 27.5 Å². The maximum Gasteiger partial charge on any atom is 0.0410 e. The molecule has 0 radical (unpaired) electrons. The highest BCUT2D eigenvalue weighted by Gasteiger charge is 2.19. The molecule has 2 nitrogen and oxygen atoms in total. The van der Waals surface area contributed by atoms with Crippen molar-refractivity contribution in [3.8, 4) is 0 Å². The third kappa shape index (κ3) is 3.95. The van der Waals surface area contributed by atoms with E-state index in [1.165, 1.54) is 31.5 Å². The molecule has 1 aromatic rings. The third-order valence-electron chi connectivity index (χ3n) is 3.50. The van der Waals surface area contributed by atoms with Gasteiger partial charge < -0.3 is 5.32 Å². The lowest BCUT2D eigenvalue weighted by molar-refractivity contribution is 0.166. The molecule has 1 aliphatic rings. The zero-order valence-corrected chi connectivity index (χ0v) is 13.1. The summed E-state index contributed by atoms with van der Waals surface area (Å²) in [6.07, 6.45) is 2.64. The first kappa shape index (κ1) is 14.3. The fourth-order valence-corrected chi connectivity index (χ4v) is 3.22. The zero-order valence-electron chi connectivity index (χ0n) is 10.8. The van der Waals surface area contributed by atoms with Gasteiger partial charge in [0.15, 0.2) is 0 Å². The summed E-state index contributed by atoms with van der Waals surface area (Å²) in [7, 11) is 2.03. The smallest absolute Gasteiger partial charge is 0.0410 e. The van der Waals surface area contributed by atoms with Crippen molar-refractivity contribution in [2.45, 2.75) is 19.4 Å². The predicted octanol–water partition coefficient (Wildman–Crippen LogP) is 3.53. The van der Waals surface area contributed by atoms with Gasteiger partial charge in [0.1, 0.15) is 0 Å². The quantitative estimate of drug-likeness (QED) is 0.908. The van der Waals surface area contributed by atoms with E-state index in [9.17, 15) is 0 Å². The van der Waals surface area contributed by atoms with E-state index in [1.807, 2.05) is 19.2 Å². The van der Waals surface area contributed by atoms with Crippen LogP contribution in [0.1, 0.15) is 18.4 Å². The molecule has 0 spiro atoms. The fraction of sp³-hybridized carbons (Fsp3) is 0.571. The average molecular weight is 332 g/mol. The second-order valence-electron chi connectivity index (χ2n) is 5.04. The molecule has 4 heteroatoms. The summed E-state index contributed by atoms with van der Waals surface area (Å²) < 4.78 is 1.16. The summed E-state index contributed by atoms with van der Waals surface area (Å²) in [5, 5.41) is 4.10. The monoisotopic (exact) mass is 330 g/mol. The van der Waals surface area contributed by atoms with Gasteiger partial charge in [-0.3, -0.25) is 4.90 Å². The highest BCUT2D eigenvalue weighted by Crippen LogP contribution is 2.25. The highest BCUT2D eigenvalue weighted by atomic mass is 79.9. The molecule has 0 aromatic heterocycles. The van der Waals surface area contributed by atoms with Crippen molar-refractivity contribution in [3.05, 3.63) is 33.3 Å². The molecule has 0 bridgehead atoms. The molecule has 1 atom stereocenters. The Bertz CT molecular complexity index is 395. The van der Waals surface area contributed by atoms with Gasteiger partial charge in [0.05, 0.1) is 0 Å². The van der Waals surface area contributed by atoms with Crippen molar-refractivity contribution >= 4 is 27.5 Å². The molecule has 1 unspecified atom stereocenters. The summed E-state index contributed by atoms with van der Waals surface area (Å²) in [5.41, 5.74) is 1.28. The van der Waals surface area contributed by atoms with Crippen molar-refractivity contribution in [1.29, 1.82) is 0 Å². The minimum absolute atomic E-state index is 0.779. The summed E-state index contributed by atoms with van der Waals surface area (Å²) in [5.74, 6) is 0.779. The summed E-state index contributed by atoms with van der Waals surface area (Å²) in [4.78, 5) is 2.53. The van der Waals surface area contributed by atoms with Gasteiger partial charge in [-0.2, -0.15) is 0 Å². The van der Waals surface area contributed by atoms with Gasteiger partial charge >= 0.3 is 0 Å². The number of rotatable bonds is 4. The van der Waals surface area contributed by atoms with Gasteiger partial charge in [-0.1, -0.05) is 27.5 Å². The van der Waals surface area contributed by atoms with Crippen molar-refractivity contribution in [2.75, 3.05) is 26.7 Å². The van der Waals surface area contributed by atoms with Gasteiger partial charge in [-0.05, 0) is 62.7 Å². The van der Waals surface area contributed by atoms with Crippen LogP contribution in [0, 0.1) is 5.92 Å². The SMILES string of the molecule is CNCC1CCCN(Cc2cc(Cl)ccc2Br)C1. The van der Waals surface area contributed by atoms with Crippen molar-refractivity contribution in [1.82, 2.24) is 10.2 Å². The molecule has 1 heterocycles. The first-order chi connectivity index (χ1) is 8.69. The molecule has 1 aromatic carbocycles. The molecule has 1 saturated heterocycles. The van der Waals surface area contributed by atoms with Crippen LogP contribution in [0.3, 0.4) is 0 Å². The topological polar surface area (TPSA) is 15.3 Å². The number of hydrogen-bond donors (Lipinski definition) is 1. The Morgan fingerprint density at radius 2 is 2.33 bits per heavy atom. The second kappa shape index (κ2) is 6.90. The standard InChI is InChI=1S/C14H20BrClN2/c1-17-8-11-3-2-6-18(9-11)10-12-7-13(16)4-5-14(12)15/h4-5,7,11,17H,2-3,6,8-10H2,1H3. The molecule has 18 heavy (non-hydrogen) atoms. The van der Waals surface area contributed by atoms with E-state index < -0.39 is 0 Å². The molecular weight excluding hydrogens is 312 g/mol. The van der Waals surface area contributed by atoms with E-state index in [4.69, 9.17) is 11.6 Å². The Morgan fingerprint density at radius 3 is 3.11 bits per heavy atom. The van der Waals surface area contributed by atoms with Crippen LogP contribution in [-0.2, 0) is 6.54 Å². The van der Waals surface area contributed by atoms with Crippen LogP contribution in [-0.4, -0.2) is 31.6 Å². The molecule has 0 saturated carbocycles. The lowest BCUT2D eigenvalue weighted by Crippen LogP contribution is -2.38. The number of likely N-dealkylation sites (tertiary alicyclic amines) is 1. The Labute approximate surface area is 123 Å². The van der Waals surface area contributed by atoms with Crippen LogP contribution in [0.4, 0.5) is 0 Å². The van der Waals surface area contributed by atoms with Crippen molar-refractivity contribution in [3.63, 3.8) is 0 Å². The van der Waals surface area contributed by atoms with E-state index in [-0.39, 0.29) is 0 Å². The van der Waals surface area contributed by atoms with Crippen LogP contribution in [0.2, 0.25) is 5.02 Å². The van der Waals surface area contributed by atoms with Gasteiger partial charge in [0.2, 0.25) is 0 Å². The van der Waals surface area contributed by atoms with E-state index in [0.717, 1.165) is 28.5 Å². The normalized spacial score (nSPS) is 21.2. The molecule has 1 aliphatic heterocycles. The first-order valence-electron chi connectivity index (χ1n) is 6.50. The van der Waals surface area contributed by atoms with Crippen LogP contribution < -0.4 is 5.32 Å². The van der Waals surface area contributed by atoms with Crippen molar-refractivity contribution < 1.29 is 0 Å². The molecule has 1 N–H and O–H groups in total. The number of piperidine rings is 1. The van der Waals surface area contributed by atoms with Gasteiger partial charge in [-0.25, -0.2) is 0 Å². The Kier molecular flexibility index (Phi) is 5.49. The largest absolute Gasteiger partial charge is 0.319 e. The average Bonchev–Trinajstić information content (AvgIpc) is 2.35. The molecule has 0 aliphatic carbocycles. The molecule has 2 rings (SSSR count). The third-order valence-corrected chi connectivity index (χ3v) is 4.51. The Morgan fingerprint density at radius 1 is 1.50 bits per heavy atom. The Hall–Kier alpha value is -0.0900. The Balaban J connectivity index is 1.98. The zero-order chi connectivity index (χ0) is 13.0. The lowest BCUT2D eigenvalue weighted by atomic mass is 9.97. The molecule has 1 fully saturated rings. The molecule has 0 amide bonds. The van der Waals surface area contributed by atoms with E-state index in [2.05, 4.69) is 32.2 Å². The van der Waals surface area contributed by atoms with Gasteiger partial charge in [0, 0.05) is 22.6 Å². The summed E-state index contributed by atoms with van der Waals surface area (Å²) in [6.45, 7) is 4.48. The van der Waals surface area contributed by atoms with Gasteiger partial charge in [0.25, 0.3) is 0 Å². The maximum atomic E-state index is 6.06. The minimum atomic E-state index is 0.779. The predicted molar refractivity (Wildman–Crippen MR) is 81.1 cm³/mol. The second-order valence-corrected chi connectivity index (χ2v) is 6.33. The first-order valence-corrected chi connectivity index (χ1v) is 7.67. The van der Waals surface area contributed by atoms with Crippen molar-refractivity contribution in [2.24, 2.45) is 5.92 Å². The van der Waals surface area contributed by atoms with E-state index in [0.29, 0.717) is 0 Å². The number of nitrogens with one attached hydrogen (secondary N) is 1. The molecule has 100 valence electrons. The lowest BCUT2D eigenvalue weighted by Gasteiger charge is -2.32. The maximum absolute atomic E-state index is 6.06. The molecular formula is C14H20BrClN2. The number of hydrogen-bond acceptors (Lipinski definition) is 2. The summed E-state index contributed by atoms with van der Waals surface area (Å²) >= 11 is 9.67. The fourth-order valence-electron chi connectivity index (χ4n) is 2.66. The number of benzene rings is 1. The van der Waals surface area contributed by atoms with Crippen LogP contribution in [0.15, 0.2) is 22.7 Å². The minimum Gasteiger partial charge on any atom is -0.319 e. The van der Waals surface area contributed by atoms with Crippen LogP contribution in [0.25, 0.3) is 0 Å². The van der Waals surface area contributed by atoms with Gasteiger partial charge in [-0.15, -0.1) is 0 Å². The van der Waals surface area contributed by atoms with E-state index >= 15 is 0 Å². The van der Waals surface area contributed by atoms with Crippen LogP contribution in [0.5, 0.6) is 0 Å². The van der Waals surface area contributed by atoms with E-state index in [1.54, 1.807) is 0 Å². The number of halogens is 2.